The summed E-state index contributed by atoms with van der Waals surface area (Å²) in [6.07, 6.45) is 6.51. The van der Waals surface area contributed by atoms with E-state index in [4.69, 9.17) is 0 Å². The molecule has 2 unspecified atom stereocenters. The number of nitrogens with zero attached hydrogens (tertiary/aromatic N) is 4. The molecule has 0 radical (unpaired) electrons. The Kier molecular flexibility index (Phi) is 4.08. The number of piperidine rings is 1. The highest BCUT2D eigenvalue weighted by Crippen LogP contribution is 2.33. The number of anilines is 1. The molecule has 1 aromatic heterocycles. The van der Waals surface area contributed by atoms with E-state index in [0.717, 1.165) is 38.4 Å². The van der Waals surface area contributed by atoms with Crippen molar-refractivity contribution in [2.24, 2.45) is 11.8 Å². The third-order valence-electron chi connectivity index (χ3n) is 4.60. The van der Waals surface area contributed by atoms with Gasteiger partial charge in [-0.3, -0.25) is 4.79 Å². The molecule has 1 aromatic rings. The SMILES string of the molecule is CC(C)CC(=O)N1CCC2CCN(c3ncccn3)CC21. The van der Waals surface area contributed by atoms with Gasteiger partial charge in [0, 0.05) is 38.4 Å². The molecule has 0 saturated carbocycles. The molecule has 0 bridgehead atoms. The first-order valence-corrected chi connectivity index (χ1v) is 7.96. The Hall–Kier alpha value is -1.65. The number of carbonyl (C=O) groups is 1. The molecule has 3 rings (SSSR count). The predicted molar refractivity (Wildman–Crippen MR) is 81.9 cm³/mol. The first-order valence-electron chi connectivity index (χ1n) is 7.96. The van der Waals surface area contributed by atoms with Crippen molar-refractivity contribution in [3.05, 3.63) is 18.5 Å². The van der Waals surface area contributed by atoms with Crippen LogP contribution in [0, 0.1) is 11.8 Å². The summed E-state index contributed by atoms with van der Waals surface area (Å²) in [5, 5.41) is 0. The van der Waals surface area contributed by atoms with Crippen LogP contribution < -0.4 is 4.90 Å². The highest BCUT2D eigenvalue weighted by atomic mass is 16.2. The highest BCUT2D eigenvalue weighted by molar-refractivity contribution is 5.77. The smallest absolute Gasteiger partial charge is 0.225 e. The van der Waals surface area contributed by atoms with E-state index in [1.807, 2.05) is 6.07 Å². The average molecular weight is 288 g/mol. The molecule has 2 aliphatic rings. The van der Waals surface area contributed by atoms with E-state index in [1.54, 1.807) is 12.4 Å². The summed E-state index contributed by atoms with van der Waals surface area (Å²) in [4.78, 5) is 25.5. The Labute approximate surface area is 126 Å². The topological polar surface area (TPSA) is 49.3 Å². The molecule has 21 heavy (non-hydrogen) atoms. The van der Waals surface area contributed by atoms with E-state index in [1.165, 1.54) is 0 Å². The maximum atomic E-state index is 12.4. The zero-order chi connectivity index (χ0) is 14.8. The van der Waals surface area contributed by atoms with Crippen LogP contribution in [0.4, 0.5) is 5.95 Å². The molecule has 2 aliphatic heterocycles. The maximum absolute atomic E-state index is 12.4. The molecule has 2 fully saturated rings. The first-order chi connectivity index (χ1) is 10.1. The number of amides is 1. The minimum absolute atomic E-state index is 0.313. The average Bonchev–Trinajstić information content (AvgIpc) is 2.90. The van der Waals surface area contributed by atoms with Crippen molar-refractivity contribution in [1.82, 2.24) is 14.9 Å². The Morgan fingerprint density at radius 2 is 2.00 bits per heavy atom. The van der Waals surface area contributed by atoms with Gasteiger partial charge in [0.1, 0.15) is 0 Å². The molecule has 0 aromatic carbocycles. The number of carbonyl (C=O) groups excluding carboxylic acids is 1. The van der Waals surface area contributed by atoms with Crippen LogP contribution in [-0.2, 0) is 4.79 Å². The van der Waals surface area contributed by atoms with Crippen molar-refractivity contribution in [2.45, 2.75) is 39.2 Å². The minimum Gasteiger partial charge on any atom is -0.339 e. The van der Waals surface area contributed by atoms with Gasteiger partial charge >= 0.3 is 0 Å². The third kappa shape index (κ3) is 3.01. The molecule has 0 spiro atoms. The molecule has 114 valence electrons. The van der Waals surface area contributed by atoms with E-state index in [2.05, 4.69) is 33.6 Å². The quantitative estimate of drug-likeness (QED) is 0.853. The Morgan fingerprint density at radius 1 is 1.29 bits per heavy atom. The summed E-state index contributed by atoms with van der Waals surface area (Å²) < 4.78 is 0. The van der Waals surface area contributed by atoms with Crippen molar-refractivity contribution >= 4 is 11.9 Å². The van der Waals surface area contributed by atoms with Crippen molar-refractivity contribution in [2.75, 3.05) is 24.5 Å². The van der Waals surface area contributed by atoms with Gasteiger partial charge in [0.05, 0.1) is 6.04 Å². The molecular formula is C16H24N4O. The van der Waals surface area contributed by atoms with Crippen LogP contribution in [0.5, 0.6) is 0 Å². The molecule has 2 saturated heterocycles. The second-order valence-corrected chi connectivity index (χ2v) is 6.58. The van der Waals surface area contributed by atoms with Crippen molar-refractivity contribution in [3.8, 4) is 0 Å². The summed E-state index contributed by atoms with van der Waals surface area (Å²) in [6, 6.07) is 2.18. The van der Waals surface area contributed by atoms with Crippen molar-refractivity contribution in [3.63, 3.8) is 0 Å². The highest BCUT2D eigenvalue weighted by Gasteiger charge is 2.40. The van der Waals surface area contributed by atoms with Gasteiger partial charge in [-0.25, -0.2) is 9.97 Å². The predicted octanol–water partition coefficient (Wildman–Crippen LogP) is 1.95. The maximum Gasteiger partial charge on any atom is 0.225 e. The van der Waals surface area contributed by atoms with Crippen LogP contribution in [0.2, 0.25) is 0 Å². The van der Waals surface area contributed by atoms with Gasteiger partial charge in [0.2, 0.25) is 11.9 Å². The van der Waals surface area contributed by atoms with Gasteiger partial charge < -0.3 is 9.80 Å². The van der Waals surface area contributed by atoms with Crippen LogP contribution in [-0.4, -0.2) is 46.5 Å². The molecule has 2 atom stereocenters. The number of hydrogen-bond acceptors (Lipinski definition) is 4. The van der Waals surface area contributed by atoms with Gasteiger partial charge in [-0.05, 0) is 30.7 Å². The van der Waals surface area contributed by atoms with Crippen LogP contribution in [0.15, 0.2) is 18.5 Å². The standard InChI is InChI=1S/C16H24N4O/c1-12(2)10-15(21)20-9-5-13-4-8-19(11-14(13)20)16-17-6-3-7-18-16/h3,6-7,12-14H,4-5,8-11H2,1-2H3. The van der Waals surface area contributed by atoms with Crippen molar-refractivity contribution in [1.29, 1.82) is 0 Å². The van der Waals surface area contributed by atoms with Crippen molar-refractivity contribution < 1.29 is 4.79 Å². The lowest BCUT2D eigenvalue weighted by atomic mass is 9.92. The Morgan fingerprint density at radius 3 is 2.71 bits per heavy atom. The largest absolute Gasteiger partial charge is 0.339 e. The van der Waals surface area contributed by atoms with Gasteiger partial charge in [-0.1, -0.05) is 13.8 Å². The molecule has 3 heterocycles. The zero-order valence-corrected chi connectivity index (χ0v) is 12.9. The van der Waals surface area contributed by atoms with Gasteiger partial charge in [-0.15, -0.1) is 0 Å². The Bertz CT molecular complexity index is 490. The molecule has 1 amide bonds. The summed E-state index contributed by atoms with van der Waals surface area (Å²) in [5.41, 5.74) is 0. The molecule has 5 heteroatoms. The number of likely N-dealkylation sites (tertiary alicyclic amines) is 1. The molecule has 0 aliphatic carbocycles. The van der Waals surface area contributed by atoms with Gasteiger partial charge in [0.25, 0.3) is 0 Å². The fraction of sp³-hybridized carbons (Fsp3) is 0.688. The van der Waals surface area contributed by atoms with E-state index < -0.39 is 0 Å². The van der Waals surface area contributed by atoms with Crippen LogP contribution in [0.25, 0.3) is 0 Å². The normalized spacial score (nSPS) is 25.3. The molecule has 0 N–H and O–H groups in total. The number of hydrogen-bond donors (Lipinski definition) is 0. The molecule has 5 nitrogen and oxygen atoms in total. The summed E-state index contributed by atoms with van der Waals surface area (Å²) in [7, 11) is 0. The Balaban J connectivity index is 1.70. The van der Waals surface area contributed by atoms with Crippen LogP contribution in [0.1, 0.15) is 33.1 Å². The summed E-state index contributed by atoms with van der Waals surface area (Å²) in [5.74, 6) is 2.18. The lowest BCUT2D eigenvalue weighted by Crippen LogP contribution is -2.50. The lowest BCUT2D eigenvalue weighted by molar-refractivity contribution is -0.133. The zero-order valence-electron chi connectivity index (χ0n) is 12.9. The van der Waals surface area contributed by atoms with Crippen LogP contribution >= 0.6 is 0 Å². The van der Waals surface area contributed by atoms with Gasteiger partial charge in [-0.2, -0.15) is 0 Å². The van der Waals surface area contributed by atoms with E-state index in [-0.39, 0.29) is 0 Å². The number of fused-ring (bicyclic) bond motifs is 1. The fourth-order valence-corrected chi connectivity index (χ4v) is 3.55. The second-order valence-electron chi connectivity index (χ2n) is 6.58. The van der Waals surface area contributed by atoms with Gasteiger partial charge in [0.15, 0.2) is 0 Å². The van der Waals surface area contributed by atoms with E-state index in [9.17, 15) is 4.79 Å². The summed E-state index contributed by atoms with van der Waals surface area (Å²) >= 11 is 0. The third-order valence-corrected chi connectivity index (χ3v) is 4.60. The number of rotatable bonds is 3. The monoisotopic (exact) mass is 288 g/mol. The first kappa shape index (κ1) is 14.3. The van der Waals surface area contributed by atoms with E-state index >= 15 is 0 Å². The lowest BCUT2D eigenvalue weighted by Gasteiger charge is -2.38. The molecular weight excluding hydrogens is 264 g/mol. The minimum atomic E-state index is 0.313. The van der Waals surface area contributed by atoms with E-state index in [0.29, 0.717) is 30.2 Å². The summed E-state index contributed by atoms with van der Waals surface area (Å²) in [6.45, 7) is 7.01. The van der Waals surface area contributed by atoms with Crippen LogP contribution in [0.3, 0.4) is 0 Å². The second kappa shape index (κ2) is 6.00. The fourth-order valence-electron chi connectivity index (χ4n) is 3.55. The number of aromatic nitrogens is 2.